The lowest BCUT2D eigenvalue weighted by molar-refractivity contribution is -0.149. The van der Waals surface area contributed by atoms with Gasteiger partial charge >= 0.3 is 5.97 Å². The lowest BCUT2D eigenvalue weighted by Gasteiger charge is -2.37. The summed E-state index contributed by atoms with van der Waals surface area (Å²) in [7, 11) is 0. The van der Waals surface area contributed by atoms with E-state index in [4.69, 9.17) is 0 Å². The van der Waals surface area contributed by atoms with Gasteiger partial charge in [0.25, 0.3) is 0 Å². The molecule has 1 aliphatic rings. The van der Waals surface area contributed by atoms with Crippen molar-refractivity contribution >= 4 is 17.7 Å². The third-order valence-electron chi connectivity index (χ3n) is 4.57. The molecule has 0 radical (unpaired) electrons. The van der Waals surface area contributed by atoms with E-state index < -0.39 is 11.9 Å². The van der Waals surface area contributed by atoms with Crippen molar-refractivity contribution in [2.24, 2.45) is 5.92 Å². The second-order valence-corrected chi connectivity index (χ2v) is 6.20. The van der Waals surface area contributed by atoms with Gasteiger partial charge in [-0.3, -0.25) is 14.4 Å². The number of carboxylic acids is 1. The van der Waals surface area contributed by atoms with Crippen LogP contribution in [0.25, 0.3) is 0 Å². The highest BCUT2D eigenvalue weighted by atomic mass is 16.4. The Bertz CT molecular complexity index is 594. The SMILES string of the molecule is Cc1ccc(C(=O)CCC(=O)N2CCC[C@@H](C(=O)O)[C@H]2C)cc1. The van der Waals surface area contributed by atoms with Crippen molar-refractivity contribution in [2.45, 2.75) is 45.6 Å². The fourth-order valence-corrected chi connectivity index (χ4v) is 3.07. The fraction of sp³-hybridized carbons (Fsp3) is 0.500. The summed E-state index contributed by atoms with van der Waals surface area (Å²) >= 11 is 0. The van der Waals surface area contributed by atoms with Crippen LogP contribution in [-0.4, -0.2) is 40.3 Å². The Morgan fingerprint density at radius 3 is 2.43 bits per heavy atom. The highest BCUT2D eigenvalue weighted by Gasteiger charge is 2.35. The third-order valence-corrected chi connectivity index (χ3v) is 4.57. The summed E-state index contributed by atoms with van der Waals surface area (Å²) in [6, 6.07) is 6.97. The number of benzene rings is 1. The number of carboxylic acid groups (broad SMARTS) is 1. The predicted molar refractivity (Wildman–Crippen MR) is 86.3 cm³/mol. The molecule has 0 spiro atoms. The zero-order chi connectivity index (χ0) is 17.0. The quantitative estimate of drug-likeness (QED) is 0.847. The van der Waals surface area contributed by atoms with E-state index in [1.54, 1.807) is 24.0 Å². The van der Waals surface area contributed by atoms with Crippen LogP contribution in [0, 0.1) is 12.8 Å². The molecule has 0 aliphatic carbocycles. The van der Waals surface area contributed by atoms with E-state index in [0.29, 0.717) is 24.9 Å². The lowest BCUT2D eigenvalue weighted by Crippen LogP contribution is -2.49. The van der Waals surface area contributed by atoms with Gasteiger partial charge in [-0.1, -0.05) is 29.8 Å². The van der Waals surface area contributed by atoms with Crippen molar-refractivity contribution in [3.63, 3.8) is 0 Å². The largest absolute Gasteiger partial charge is 0.481 e. The topological polar surface area (TPSA) is 74.7 Å². The molecule has 5 nitrogen and oxygen atoms in total. The third kappa shape index (κ3) is 4.18. The summed E-state index contributed by atoms with van der Waals surface area (Å²) in [6.07, 6.45) is 1.58. The molecular formula is C18H23NO4. The van der Waals surface area contributed by atoms with E-state index in [2.05, 4.69) is 0 Å². The zero-order valence-electron chi connectivity index (χ0n) is 13.6. The molecule has 1 aromatic rings. The molecule has 0 unspecified atom stereocenters. The van der Waals surface area contributed by atoms with Gasteiger partial charge in [-0.2, -0.15) is 0 Å². The summed E-state index contributed by atoms with van der Waals surface area (Å²) in [5, 5.41) is 9.21. The number of carbonyl (C=O) groups is 3. The molecule has 1 N–H and O–H groups in total. The first-order valence-corrected chi connectivity index (χ1v) is 8.02. The number of amides is 1. The molecule has 0 aromatic heterocycles. The minimum Gasteiger partial charge on any atom is -0.481 e. The smallest absolute Gasteiger partial charge is 0.308 e. The Balaban J connectivity index is 1.92. The molecule has 124 valence electrons. The number of ketones is 1. The Labute approximate surface area is 136 Å². The van der Waals surface area contributed by atoms with E-state index in [0.717, 1.165) is 5.56 Å². The average molecular weight is 317 g/mol. The predicted octanol–water partition coefficient (Wildman–Crippen LogP) is 2.67. The number of aliphatic carboxylic acids is 1. The first kappa shape index (κ1) is 17.2. The van der Waals surface area contributed by atoms with Gasteiger partial charge in [0.05, 0.1) is 5.92 Å². The van der Waals surface area contributed by atoms with Gasteiger partial charge in [0, 0.05) is 31.0 Å². The van der Waals surface area contributed by atoms with Crippen molar-refractivity contribution in [2.75, 3.05) is 6.54 Å². The fourth-order valence-electron chi connectivity index (χ4n) is 3.07. The van der Waals surface area contributed by atoms with Crippen LogP contribution in [0.15, 0.2) is 24.3 Å². The minimum absolute atomic E-state index is 0.0576. The standard InChI is InChI=1S/C18H23NO4/c1-12-5-7-14(8-6-12)16(20)9-10-17(21)19-11-3-4-15(13(19)2)18(22)23/h5-8,13,15H,3-4,9-11H2,1-2H3,(H,22,23)/t13-,15-/m1/s1. The van der Waals surface area contributed by atoms with E-state index >= 15 is 0 Å². The van der Waals surface area contributed by atoms with Gasteiger partial charge in [0.15, 0.2) is 5.78 Å². The van der Waals surface area contributed by atoms with E-state index in [1.807, 2.05) is 19.1 Å². The molecule has 1 fully saturated rings. The number of nitrogens with zero attached hydrogens (tertiary/aromatic N) is 1. The number of rotatable bonds is 5. The van der Waals surface area contributed by atoms with Crippen molar-refractivity contribution in [3.8, 4) is 0 Å². The summed E-state index contributed by atoms with van der Waals surface area (Å²) in [6.45, 7) is 4.30. The van der Waals surface area contributed by atoms with Gasteiger partial charge in [0.2, 0.25) is 5.91 Å². The highest BCUT2D eigenvalue weighted by molar-refractivity contribution is 5.98. The Hall–Kier alpha value is -2.17. The Kier molecular flexibility index (Phi) is 5.53. The van der Waals surface area contributed by atoms with Crippen LogP contribution in [0.1, 0.15) is 48.5 Å². The monoisotopic (exact) mass is 317 g/mol. The summed E-state index contributed by atoms with van der Waals surface area (Å²) < 4.78 is 0. The van der Waals surface area contributed by atoms with Crippen LogP contribution in [-0.2, 0) is 9.59 Å². The Morgan fingerprint density at radius 2 is 1.83 bits per heavy atom. The van der Waals surface area contributed by atoms with Gasteiger partial charge in [-0.05, 0) is 26.7 Å². The van der Waals surface area contributed by atoms with Gasteiger partial charge in [-0.25, -0.2) is 0 Å². The van der Waals surface area contributed by atoms with Gasteiger partial charge < -0.3 is 10.0 Å². The summed E-state index contributed by atoms with van der Waals surface area (Å²) in [5.41, 5.74) is 1.69. The first-order chi connectivity index (χ1) is 10.9. The minimum atomic E-state index is -0.856. The normalized spacial score (nSPS) is 21.0. The van der Waals surface area contributed by atoms with Gasteiger partial charge in [-0.15, -0.1) is 0 Å². The maximum Gasteiger partial charge on any atom is 0.308 e. The van der Waals surface area contributed by atoms with Crippen molar-refractivity contribution in [1.29, 1.82) is 0 Å². The number of likely N-dealkylation sites (tertiary alicyclic amines) is 1. The molecular weight excluding hydrogens is 294 g/mol. The summed E-state index contributed by atoms with van der Waals surface area (Å²) in [5.74, 6) is -1.56. The zero-order valence-corrected chi connectivity index (χ0v) is 13.6. The van der Waals surface area contributed by atoms with Crippen LogP contribution < -0.4 is 0 Å². The first-order valence-electron chi connectivity index (χ1n) is 8.02. The number of carbonyl (C=O) groups excluding carboxylic acids is 2. The van der Waals surface area contributed by atoms with Crippen molar-refractivity contribution < 1.29 is 19.5 Å². The van der Waals surface area contributed by atoms with E-state index in [-0.39, 0.29) is 30.6 Å². The molecule has 1 amide bonds. The molecule has 23 heavy (non-hydrogen) atoms. The molecule has 2 atom stereocenters. The second-order valence-electron chi connectivity index (χ2n) is 6.20. The van der Waals surface area contributed by atoms with Crippen LogP contribution in [0.2, 0.25) is 0 Å². The lowest BCUT2D eigenvalue weighted by atomic mass is 9.90. The average Bonchev–Trinajstić information content (AvgIpc) is 2.53. The van der Waals surface area contributed by atoms with Crippen LogP contribution in [0.4, 0.5) is 0 Å². The molecule has 5 heteroatoms. The van der Waals surface area contributed by atoms with E-state index in [1.165, 1.54) is 0 Å². The molecule has 1 heterocycles. The molecule has 0 saturated carbocycles. The van der Waals surface area contributed by atoms with Crippen molar-refractivity contribution in [1.82, 2.24) is 4.90 Å². The molecule has 1 saturated heterocycles. The van der Waals surface area contributed by atoms with Crippen molar-refractivity contribution in [3.05, 3.63) is 35.4 Å². The number of hydrogen-bond acceptors (Lipinski definition) is 3. The maximum atomic E-state index is 12.3. The van der Waals surface area contributed by atoms with Crippen LogP contribution in [0.3, 0.4) is 0 Å². The molecule has 2 rings (SSSR count). The van der Waals surface area contributed by atoms with Crippen LogP contribution >= 0.6 is 0 Å². The number of aryl methyl sites for hydroxylation is 1. The van der Waals surface area contributed by atoms with E-state index in [9.17, 15) is 19.5 Å². The second kappa shape index (κ2) is 7.40. The number of piperidine rings is 1. The van der Waals surface area contributed by atoms with Crippen LogP contribution in [0.5, 0.6) is 0 Å². The molecule has 1 aromatic carbocycles. The molecule has 0 bridgehead atoms. The Morgan fingerprint density at radius 1 is 1.17 bits per heavy atom. The number of Topliss-reactive ketones (excluding diaryl/α,β-unsaturated/α-hetero) is 1. The molecule has 1 aliphatic heterocycles. The highest BCUT2D eigenvalue weighted by Crippen LogP contribution is 2.24. The maximum absolute atomic E-state index is 12.3. The van der Waals surface area contributed by atoms with Gasteiger partial charge in [0.1, 0.15) is 0 Å². The number of hydrogen-bond donors (Lipinski definition) is 1. The summed E-state index contributed by atoms with van der Waals surface area (Å²) in [4.78, 5) is 37.3.